The molecule has 0 aliphatic rings. The smallest absolute Gasteiger partial charge is 0.332 e. The minimum Gasteiger partial charge on any atom is -0.481 e. The Balaban J connectivity index is 4.89. The molecule has 5 nitrogen and oxygen atoms in total. The Hall–Kier alpha value is -1.36. The number of aliphatic hydroxyl groups is 1. The summed E-state index contributed by atoms with van der Waals surface area (Å²) >= 11 is 0. The molecule has 0 fully saturated rings. The summed E-state index contributed by atoms with van der Waals surface area (Å²) in [6.45, 7) is 4.01. The number of hydrogen-bond acceptors (Lipinski definition) is 3. The summed E-state index contributed by atoms with van der Waals surface area (Å²) in [5, 5.41) is 25.9. The van der Waals surface area contributed by atoms with Crippen molar-refractivity contribution in [1.29, 1.82) is 0 Å². The van der Waals surface area contributed by atoms with Gasteiger partial charge >= 0.3 is 11.9 Å². The van der Waals surface area contributed by atoms with E-state index in [9.17, 15) is 9.59 Å². The van der Waals surface area contributed by atoms with E-state index in [4.69, 9.17) is 15.3 Å². The van der Waals surface area contributed by atoms with Crippen LogP contribution in [0.15, 0.2) is 12.2 Å². The van der Waals surface area contributed by atoms with Crippen molar-refractivity contribution in [2.75, 3.05) is 6.61 Å². The third kappa shape index (κ3) is 2.29. The minimum atomic E-state index is -1.60. The lowest BCUT2D eigenvalue weighted by Crippen LogP contribution is -2.33. The van der Waals surface area contributed by atoms with Crippen molar-refractivity contribution in [2.45, 2.75) is 13.3 Å². The zero-order valence-electron chi connectivity index (χ0n) is 7.28. The highest BCUT2D eigenvalue weighted by Gasteiger charge is 2.38. The van der Waals surface area contributed by atoms with Crippen LogP contribution >= 0.6 is 0 Å². The first kappa shape index (κ1) is 11.6. The summed E-state index contributed by atoms with van der Waals surface area (Å²) in [4.78, 5) is 21.2. The average Bonchev–Trinajstić information content (AvgIpc) is 2.02. The van der Waals surface area contributed by atoms with Crippen LogP contribution in [0, 0.1) is 5.41 Å². The lowest BCUT2D eigenvalue weighted by molar-refractivity contribution is -0.149. The SMILES string of the molecule is C=C(C(=O)O)C(C)(CCO)C(=O)O. The fourth-order valence-electron chi connectivity index (χ4n) is 0.847. The molecule has 13 heavy (non-hydrogen) atoms. The van der Waals surface area contributed by atoms with E-state index in [1.807, 2.05) is 0 Å². The van der Waals surface area contributed by atoms with E-state index in [2.05, 4.69) is 6.58 Å². The van der Waals surface area contributed by atoms with Crippen LogP contribution in [0.4, 0.5) is 0 Å². The summed E-state index contributed by atoms with van der Waals surface area (Å²) in [5.41, 5.74) is -2.02. The molecule has 0 spiro atoms. The quantitative estimate of drug-likeness (QED) is 0.532. The van der Waals surface area contributed by atoms with Crippen LogP contribution < -0.4 is 0 Å². The maximum atomic E-state index is 10.7. The van der Waals surface area contributed by atoms with Crippen LogP contribution in [-0.4, -0.2) is 33.9 Å². The lowest BCUT2D eigenvalue weighted by Gasteiger charge is -2.23. The van der Waals surface area contributed by atoms with Crippen molar-refractivity contribution >= 4 is 11.9 Å². The number of carboxylic acids is 2. The van der Waals surface area contributed by atoms with E-state index in [1.165, 1.54) is 6.92 Å². The van der Waals surface area contributed by atoms with Gasteiger partial charge < -0.3 is 15.3 Å². The Morgan fingerprint density at radius 3 is 2.08 bits per heavy atom. The molecule has 1 unspecified atom stereocenters. The van der Waals surface area contributed by atoms with Gasteiger partial charge in [0.05, 0.1) is 5.41 Å². The van der Waals surface area contributed by atoms with Crippen LogP contribution in [-0.2, 0) is 9.59 Å². The van der Waals surface area contributed by atoms with Crippen LogP contribution in [0.1, 0.15) is 13.3 Å². The molecule has 0 amide bonds. The van der Waals surface area contributed by atoms with E-state index < -0.39 is 29.5 Å². The summed E-state index contributed by atoms with van der Waals surface area (Å²) in [5.74, 6) is -2.66. The highest BCUT2D eigenvalue weighted by Crippen LogP contribution is 2.29. The zero-order valence-corrected chi connectivity index (χ0v) is 7.28. The highest BCUT2D eigenvalue weighted by molar-refractivity contribution is 5.95. The second-order valence-electron chi connectivity index (χ2n) is 2.89. The normalized spacial score (nSPS) is 14.6. The van der Waals surface area contributed by atoms with Gasteiger partial charge in [-0.2, -0.15) is 0 Å². The maximum absolute atomic E-state index is 10.7. The first-order valence-corrected chi connectivity index (χ1v) is 3.63. The molecule has 74 valence electrons. The number of carboxylic acid groups (broad SMARTS) is 2. The van der Waals surface area contributed by atoms with E-state index >= 15 is 0 Å². The maximum Gasteiger partial charge on any atom is 0.332 e. The Morgan fingerprint density at radius 1 is 1.38 bits per heavy atom. The van der Waals surface area contributed by atoms with Crippen LogP contribution in [0.3, 0.4) is 0 Å². The molecule has 0 saturated carbocycles. The fourth-order valence-corrected chi connectivity index (χ4v) is 0.847. The molecule has 3 N–H and O–H groups in total. The first-order valence-electron chi connectivity index (χ1n) is 3.63. The van der Waals surface area contributed by atoms with Crippen molar-refractivity contribution in [3.63, 3.8) is 0 Å². The van der Waals surface area contributed by atoms with Crippen LogP contribution in [0.5, 0.6) is 0 Å². The van der Waals surface area contributed by atoms with Gasteiger partial charge in [-0.1, -0.05) is 6.58 Å². The molecule has 0 aliphatic heterocycles. The van der Waals surface area contributed by atoms with Crippen molar-refractivity contribution in [3.05, 3.63) is 12.2 Å². The van der Waals surface area contributed by atoms with Gasteiger partial charge in [0.15, 0.2) is 0 Å². The molecule has 0 aliphatic carbocycles. The fraction of sp³-hybridized carbons (Fsp3) is 0.500. The van der Waals surface area contributed by atoms with Crippen LogP contribution in [0.2, 0.25) is 0 Å². The molecular weight excluding hydrogens is 176 g/mol. The Morgan fingerprint density at radius 2 is 1.85 bits per heavy atom. The summed E-state index contributed by atoms with van der Waals surface area (Å²) in [7, 11) is 0. The number of aliphatic hydroxyl groups excluding tert-OH is 1. The highest BCUT2D eigenvalue weighted by atomic mass is 16.4. The molecule has 0 rings (SSSR count). The van der Waals surface area contributed by atoms with Crippen molar-refractivity contribution in [3.8, 4) is 0 Å². The van der Waals surface area contributed by atoms with E-state index in [0.717, 1.165) is 0 Å². The number of rotatable bonds is 5. The first-order chi connectivity index (χ1) is 5.86. The number of carbonyl (C=O) groups is 2. The predicted octanol–water partition coefficient (Wildman–Crippen LogP) is 0.101. The molecule has 0 saturated heterocycles. The Kier molecular flexibility index (Phi) is 3.62. The minimum absolute atomic E-state index is 0.159. The van der Waals surface area contributed by atoms with Gasteiger partial charge in [-0.25, -0.2) is 4.79 Å². The van der Waals surface area contributed by atoms with Gasteiger partial charge in [0, 0.05) is 12.2 Å². The third-order valence-electron chi connectivity index (χ3n) is 2.01. The average molecular weight is 188 g/mol. The van der Waals surface area contributed by atoms with E-state index in [1.54, 1.807) is 0 Å². The molecule has 0 heterocycles. The topological polar surface area (TPSA) is 94.8 Å². The molecule has 5 heteroatoms. The van der Waals surface area contributed by atoms with Gasteiger partial charge in [0.25, 0.3) is 0 Å². The second-order valence-corrected chi connectivity index (χ2v) is 2.89. The zero-order chi connectivity index (χ0) is 10.6. The largest absolute Gasteiger partial charge is 0.481 e. The third-order valence-corrected chi connectivity index (χ3v) is 2.01. The van der Waals surface area contributed by atoms with Crippen molar-refractivity contribution in [2.24, 2.45) is 5.41 Å². The lowest BCUT2D eigenvalue weighted by atomic mass is 9.80. The molecule has 0 aromatic rings. The molecule has 0 aromatic carbocycles. The second kappa shape index (κ2) is 4.04. The van der Waals surface area contributed by atoms with Gasteiger partial charge in [-0.3, -0.25) is 4.79 Å². The van der Waals surface area contributed by atoms with Gasteiger partial charge in [-0.05, 0) is 13.3 Å². The molecule has 0 bridgehead atoms. The standard InChI is InChI=1S/C8H12O5/c1-5(6(10)11)8(2,3-4-9)7(12)13/h9H,1,3-4H2,2H3,(H,10,11)(H,12,13). The molecule has 1 atom stereocenters. The van der Waals surface area contributed by atoms with Crippen molar-refractivity contribution in [1.82, 2.24) is 0 Å². The molecule has 0 aromatic heterocycles. The predicted molar refractivity (Wildman–Crippen MR) is 44.2 cm³/mol. The number of aliphatic carboxylic acids is 2. The molecule has 0 radical (unpaired) electrons. The number of hydrogen-bond donors (Lipinski definition) is 3. The Bertz CT molecular complexity index is 245. The van der Waals surface area contributed by atoms with E-state index in [-0.39, 0.29) is 6.42 Å². The van der Waals surface area contributed by atoms with E-state index in [0.29, 0.717) is 0 Å². The summed E-state index contributed by atoms with van der Waals surface area (Å²) < 4.78 is 0. The summed E-state index contributed by atoms with van der Waals surface area (Å²) in [6, 6.07) is 0. The van der Waals surface area contributed by atoms with Crippen LogP contribution in [0.25, 0.3) is 0 Å². The van der Waals surface area contributed by atoms with Crippen molar-refractivity contribution < 1.29 is 24.9 Å². The Labute approximate surface area is 75.3 Å². The van der Waals surface area contributed by atoms with Gasteiger partial charge in [-0.15, -0.1) is 0 Å². The summed E-state index contributed by atoms with van der Waals surface area (Å²) in [6.07, 6.45) is -0.159. The van der Waals surface area contributed by atoms with Gasteiger partial charge in [0.1, 0.15) is 0 Å². The monoisotopic (exact) mass is 188 g/mol. The molecular formula is C8H12O5. The van der Waals surface area contributed by atoms with Gasteiger partial charge in [0.2, 0.25) is 0 Å².